The van der Waals surface area contributed by atoms with Gasteiger partial charge in [-0.1, -0.05) is 6.92 Å². The van der Waals surface area contributed by atoms with E-state index in [4.69, 9.17) is 0 Å². The van der Waals surface area contributed by atoms with Gasteiger partial charge in [0.05, 0.1) is 0 Å². The summed E-state index contributed by atoms with van der Waals surface area (Å²) >= 11 is 0. The molecule has 14 heavy (non-hydrogen) atoms. The van der Waals surface area contributed by atoms with E-state index in [9.17, 15) is 4.79 Å². The Kier molecular flexibility index (Phi) is 2.91. The van der Waals surface area contributed by atoms with Crippen LogP contribution in [-0.2, 0) is 0 Å². The summed E-state index contributed by atoms with van der Waals surface area (Å²) in [7, 11) is 0. The molecule has 0 aliphatic carbocycles. The molecule has 0 aromatic rings. The third-order valence-electron chi connectivity index (χ3n) is 3.36. The summed E-state index contributed by atoms with van der Waals surface area (Å²) in [4.78, 5) is 13.3. The Hall–Kier alpha value is -0.770. The van der Waals surface area contributed by atoms with Gasteiger partial charge in [-0.15, -0.1) is 0 Å². The molecule has 2 heterocycles. The van der Waals surface area contributed by atoms with Crippen LogP contribution in [0.2, 0.25) is 0 Å². The number of rotatable bonds is 2. The molecule has 80 valence electrons. The molecule has 2 N–H and O–H groups in total. The average molecular weight is 197 g/mol. The maximum atomic E-state index is 11.4. The zero-order valence-corrected chi connectivity index (χ0v) is 8.75. The minimum Gasteiger partial charge on any atom is -0.336 e. The minimum atomic E-state index is 0.121. The van der Waals surface area contributed by atoms with Crippen LogP contribution in [0.1, 0.15) is 13.3 Å². The van der Waals surface area contributed by atoms with Gasteiger partial charge in [-0.25, -0.2) is 4.79 Å². The van der Waals surface area contributed by atoms with Crippen LogP contribution in [0.4, 0.5) is 4.79 Å². The summed E-state index contributed by atoms with van der Waals surface area (Å²) in [6, 6.07) is 0.121. The Morgan fingerprint density at radius 2 is 2.36 bits per heavy atom. The molecule has 0 aromatic carbocycles. The molecule has 4 heteroatoms. The lowest BCUT2D eigenvalue weighted by Crippen LogP contribution is -2.42. The van der Waals surface area contributed by atoms with Crippen molar-refractivity contribution in [1.82, 2.24) is 15.5 Å². The molecule has 2 aliphatic rings. The van der Waals surface area contributed by atoms with Crippen molar-refractivity contribution in [3.63, 3.8) is 0 Å². The van der Waals surface area contributed by atoms with Crippen LogP contribution in [0.3, 0.4) is 0 Å². The largest absolute Gasteiger partial charge is 0.336 e. The van der Waals surface area contributed by atoms with Crippen LogP contribution in [0, 0.1) is 11.8 Å². The van der Waals surface area contributed by atoms with Crippen molar-refractivity contribution in [3.8, 4) is 0 Å². The van der Waals surface area contributed by atoms with Gasteiger partial charge in [0.15, 0.2) is 0 Å². The molecule has 2 saturated heterocycles. The Morgan fingerprint density at radius 3 is 3.00 bits per heavy atom. The number of amides is 2. The van der Waals surface area contributed by atoms with E-state index in [2.05, 4.69) is 17.6 Å². The molecule has 0 aromatic heterocycles. The normalized spacial score (nSPS) is 33.2. The van der Waals surface area contributed by atoms with Crippen LogP contribution in [0.5, 0.6) is 0 Å². The first-order chi connectivity index (χ1) is 6.77. The van der Waals surface area contributed by atoms with Crippen LogP contribution in [0.25, 0.3) is 0 Å². The zero-order valence-electron chi connectivity index (χ0n) is 8.75. The smallest absolute Gasteiger partial charge is 0.317 e. The summed E-state index contributed by atoms with van der Waals surface area (Å²) in [5.74, 6) is 1.37. The van der Waals surface area contributed by atoms with E-state index in [-0.39, 0.29) is 6.03 Å². The molecule has 2 amide bonds. The lowest BCUT2D eigenvalue weighted by molar-refractivity contribution is 0.182. The van der Waals surface area contributed by atoms with Crippen LogP contribution in [-0.4, -0.2) is 43.7 Å². The number of nitrogens with zero attached hydrogens (tertiary/aromatic N) is 1. The molecular formula is C10H19N3O. The van der Waals surface area contributed by atoms with Gasteiger partial charge in [0, 0.05) is 19.6 Å². The van der Waals surface area contributed by atoms with Gasteiger partial charge in [0.25, 0.3) is 0 Å². The number of hydrogen-bond acceptors (Lipinski definition) is 2. The van der Waals surface area contributed by atoms with Gasteiger partial charge in [0.2, 0.25) is 0 Å². The molecule has 0 spiro atoms. The molecule has 2 rings (SSSR count). The number of piperidine rings is 1. The van der Waals surface area contributed by atoms with E-state index >= 15 is 0 Å². The third-order valence-corrected chi connectivity index (χ3v) is 3.36. The summed E-state index contributed by atoms with van der Waals surface area (Å²) < 4.78 is 0. The number of urea groups is 1. The van der Waals surface area contributed by atoms with Gasteiger partial charge in [-0.3, -0.25) is 0 Å². The van der Waals surface area contributed by atoms with Crippen LogP contribution >= 0.6 is 0 Å². The highest BCUT2D eigenvalue weighted by molar-refractivity contribution is 5.76. The molecule has 2 aliphatic heterocycles. The third kappa shape index (κ3) is 2.00. The second kappa shape index (κ2) is 4.17. The number of nitrogens with one attached hydrogen (secondary N) is 2. The van der Waals surface area contributed by atoms with Gasteiger partial charge < -0.3 is 15.5 Å². The molecule has 2 fully saturated rings. The van der Waals surface area contributed by atoms with Crippen LogP contribution in [0.15, 0.2) is 0 Å². The minimum absolute atomic E-state index is 0.121. The highest BCUT2D eigenvalue weighted by Gasteiger charge is 2.27. The average Bonchev–Trinajstić information content (AvgIpc) is 2.56. The molecule has 0 radical (unpaired) electrons. The number of carbonyl (C=O) groups excluding carboxylic acids is 1. The highest BCUT2D eigenvalue weighted by Crippen LogP contribution is 2.20. The molecular weight excluding hydrogens is 178 g/mol. The summed E-state index contributed by atoms with van der Waals surface area (Å²) in [5.41, 5.74) is 0. The predicted molar refractivity (Wildman–Crippen MR) is 55.1 cm³/mol. The fourth-order valence-corrected chi connectivity index (χ4v) is 2.31. The maximum absolute atomic E-state index is 11.4. The monoisotopic (exact) mass is 197 g/mol. The summed E-state index contributed by atoms with van der Waals surface area (Å²) in [6.07, 6.45) is 1.20. The van der Waals surface area contributed by atoms with Crippen molar-refractivity contribution in [2.45, 2.75) is 13.3 Å². The van der Waals surface area contributed by atoms with Crippen molar-refractivity contribution in [1.29, 1.82) is 0 Å². The highest BCUT2D eigenvalue weighted by atomic mass is 16.2. The van der Waals surface area contributed by atoms with Crippen molar-refractivity contribution < 1.29 is 4.79 Å². The Labute approximate surface area is 85.0 Å². The van der Waals surface area contributed by atoms with E-state index < -0.39 is 0 Å². The zero-order chi connectivity index (χ0) is 9.97. The topological polar surface area (TPSA) is 44.4 Å². The first-order valence-corrected chi connectivity index (χ1v) is 5.51. The van der Waals surface area contributed by atoms with Crippen molar-refractivity contribution in [2.75, 3.05) is 32.7 Å². The van der Waals surface area contributed by atoms with E-state index in [1.54, 1.807) is 0 Å². The summed E-state index contributed by atoms with van der Waals surface area (Å²) in [6.45, 7) is 7.11. The Morgan fingerprint density at radius 1 is 1.50 bits per heavy atom. The van der Waals surface area contributed by atoms with Gasteiger partial charge in [-0.05, 0) is 31.3 Å². The fraction of sp³-hybridized carbons (Fsp3) is 0.900. The molecule has 2 unspecified atom stereocenters. The van der Waals surface area contributed by atoms with Crippen molar-refractivity contribution in [3.05, 3.63) is 0 Å². The SMILES string of the molecule is CC1CNCCC1CN1CCNC1=O. The molecule has 2 atom stereocenters. The second-order valence-corrected chi connectivity index (χ2v) is 4.41. The van der Waals surface area contributed by atoms with E-state index in [1.165, 1.54) is 6.42 Å². The lowest BCUT2D eigenvalue weighted by Gasteiger charge is -2.32. The van der Waals surface area contributed by atoms with Crippen molar-refractivity contribution >= 4 is 6.03 Å². The standard InChI is InChI=1S/C10H19N3O/c1-8-6-11-3-2-9(8)7-13-5-4-12-10(13)14/h8-9,11H,2-7H2,1H3,(H,12,14). The molecule has 4 nitrogen and oxygen atoms in total. The predicted octanol–water partition coefficient (Wildman–Crippen LogP) is 0.257. The lowest BCUT2D eigenvalue weighted by atomic mass is 9.87. The fourth-order valence-electron chi connectivity index (χ4n) is 2.31. The van der Waals surface area contributed by atoms with Crippen LogP contribution < -0.4 is 10.6 Å². The Bertz CT molecular complexity index is 219. The van der Waals surface area contributed by atoms with E-state index in [1.807, 2.05) is 4.90 Å². The number of carbonyl (C=O) groups is 1. The first-order valence-electron chi connectivity index (χ1n) is 5.51. The second-order valence-electron chi connectivity index (χ2n) is 4.41. The maximum Gasteiger partial charge on any atom is 0.317 e. The van der Waals surface area contributed by atoms with Gasteiger partial charge >= 0.3 is 6.03 Å². The van der Waals surface area contributed by atoms with Gasteiger partial charge in [0.1, 0.15) is 0 Å². The first kappa shape index (κ1) is 9.77. The number of hydrogen-bond donors (Lipinski definition) is 2. The van der Waals surface area contributed by atoms with E-state index in [0.29, 0.717) is 11.8 Å². The Balaban J connectivity index is 1.86. The quantitative estimate of drug-likeness (QED) is 0.667. The molecule has 0 bridgehead atoms. The van der Waals surface area contributed by atoms with Gasteiger partial charge in [-0.2, -0.15) is 0 Å². The van der Waals surface area contributed by atoms with E-state index in [0.717, 1.165) is 32.7 Å². The molecule has 0 saturated carbocycles. The van der Waals surface area contributed by atoms with Crippen molar-refractivity contribution in [2.24, 2.45) is 11.8 Å². The summed E-state index contributed by atoms with van der Waals surface area (Å²) in [5, 5.41) is 6.23.